The first-order valence-electron chi connectivity index (χ1n) is 7.18. The van der Waals surface area contributed by atoms with Crippen LogP contribution < -0.4 is 5.32 Å². The van der Waals surface area contributed by atoms with Crippen molar-refractivity contribution >= 4 is 17.9 Å². The summed E-state index contributed by atoms with van der Waals surface area (Å²) in [6.45, 7) is 7.88. The van der Waals surface area contributed by atoms with Gasteiger partial charge < -0.3 is 5.32 Å². The summed E-state index contributed by atoms with van der Waals surface area (Å²) in [6.07, 6.45) is 0.634. The summed E-state index contributed by atoms with van der Waals surface area (Å²) in [4.78, 5) is 23.0. The normalized spacial score (nSPS) is 10.8. The first-order valence-corrected chi connectivity index (χ1v) is 7.18. The number of carbonyl (C=O) groups is 2. The van der Waals surface area contributed by atoms with Gasteiger partial charge in [-0.15, -0.1) is 5.10 Å². The second kappa shape index (κ2) is 6.51. The van der Waals surface area contributed by atoms with Crippen LogP contribution in [0.5, 0.6) is 0 Å². The number of aromatic nitrogens is 3. The zero-order valence-corrected chi connectivity index (χ0v) is 13.3. The maximum absolute atomic E-state index is 12.3. The largest absolute Gasteiger partial charge is 0.324 e. The zero-order chi connectivity index (χ0) is 16.3. The third-order valence-corrected chi connectivity index (χ3v) is 3.61. The maximum Gasteiger partial charge on any atom is 0.246 e. The summed E-state index contributed by atoms with van der Waals surface area (Å²) in [5, 5.41) is 10.5. The Morgan fingerprint density at radius 3 is 2.68 bits per heavy atom. The molecule has 0 bridgehead atoms. The van der Waals surface area contributed by atoms with Gasteiger partial charge >= 0.3 is 0 Å². The van der Waals surface area contributed by atoms with E-state index < -0.39 is 0 Å². The standard InChI is InChI=1S/C16H20N4O2/c1-10(2)13-7-5-6-11(3)16(13)17-15(22)8-20-12(4)14(9-21)18-19-20/h5-7,9-10H,8H2,1-4H3,(H,17,22). The predicted molar refractivity (Wildman–Crippen MR) is 84.0 cm³/mol. The van der Waals surface area contributed by atoms with Crippen molar-refractivity contribution in [3.63, 3.8) is 0 Å². The van der Waals surface area contributed by atoms with Crippen molar-refractivity contribution in [2.75, 3.05) is 5.32 Å². The fourth-order valence-corrected chi connectivity index (χ4v) is 2.29. The van der Waals surface area contributed by atoms with Crippen molar-refractivity contribution in [3.8, 4) is 0 Å². The molecule has 0 fully saturated rings. The number of nitrogens with zero attached hydrogens (tertiary/aromatic N) is 3. The highest BCUT2D eigenvalue weighted by Crippen LogP contribution is 2.27. The van der Waals surface area contributed by atoms with Crippen LogP contribution in [-0.2, 0) is 11.3 Å². The van der Waals surface area contributed by atoms with Crippen LogP contribution in [0.15, 0.2) is 18.2 Å². The van der Waals surface area contributed by atoms with Crippen LogP contribution in [-0.4, -0.2) is 27.2 Å². The van der Waals surface area contributed by atoms with E-state index in [1.54, 1.807) is 6.92 Å². The lowest BCUT2D eigenvalue weighted by Gasteiger charge is -2.16. The van der Waals surface area contributed by atoms with Gasteiger partial charge in [0.05, 0.1) is 5.69 Å². The second-order valence-corrected chi connectivity index (χ2v) is 5.58. The van der Waals surface area contributed by atoms with Crippen LogP contribution in [0.3, 0.4) is 0 Å². The Morgan fingerprint density at radius 2 is 2.09 bits per heavy atom. The summed E-state index contributed by atoms with van der Waals surface area (Å²) in [5.74, 6) is 0.117. The lowest BCUT2D eigenvalue weighted by Crippen LogP contribution is -2.21. The number of rotatable bonds is 5. The summed E-state index contributed by atoms with van der Waals surface area (Å²) < 4.78 is 1.42. The van der Waals surface area contributed by atoms with Gasteiger partial charge in [-0.05, 0) is 30.9 Å². The number of carbonyl (C=O) groups excluding carboxylic acids is 2. The van der Waals surface area contributed by atoms with E-state index in [4.69, 9.17) is 0 Å². The molecule has 1 aromatic carbocycles. The lowest BCUT2D eigenvalue weighted by molar-refractivity contribution is -0.117. The summed E-state index contributed by atoms with van der Waals surface area (Å²) in [7, 11) is 0. The first kappa shape index (κ1) is 15.9. The molecule has 6 heteroatoms. The highest BCUT2D eigenvalue weighted by molar-refractivity contribution is 5.92. The molecule has 2 rings (SSSR count). The fourth-order valence-electron chi connectivity index (χ4n) is 2.29. The van der Waals surface area contributed by atoms with Crippen LogP contribution in [0.25, 0.3) is 0 Å². The highest BCUT2D eigenvalue weighted by Gasteiger charge is 2.14. The summed E-state index contributed by atoms with van der Waals surface area (Å²) >= 11 is 0. The van der Waals surface area contributed by atoms with E-state index in [0.29, 0.717) is 17.9 Å². The average Bonchev–Trinajstić information content (AvgIpc) is 2.81. The van der Waals surface area contributed by atoms with E-state index in [-0.39, 0.29) is 18.1 Å². The van der Waals surface area contributed by atoms with Gasteiger partial charge in [0.15, 0.2) is 6.29 Å². The van der Waals surface area contributed by atoms with Crippen molar-refractivity contribution in [1.29, 1.82) is 0 Å². The van der Waals surface area contributed by atoms with Crippen molar-refractivity contribution in [3.05, 3.63) is 40.7 Å². The number of hydrogen-bond donors (Lipinski definition) is 1. The minimum Gasteiger partial charge on any atom is -0.324 e. The van der Waals surface area contributed by atoms with Crippen LogP contribution in [0.2, 0.25) is 0 Å². The monoisotopic (exact) mass is 300 g/mol. The molecule has 116 valence electrons. The maximum atomic E-state index is 12.3. The van der Waals surface area contributed by atoms with E-state index in [0.717, 1.165) is 16.8 Å². The van der Waals surface area contributed by atoms with E-state index in [1.165, 1.54) is 4.68 Å². The molecule has 0 unspecified atom stereocenters. The van der Waals surface area contributed by atoms with Crippen LogP contribution in [0.4, 0.5) is 5.69 Å². The van der Waals surface area contributed by atoms with E-state index in [2.05, 4.69) is 29.5 Å². The number of amides is 1. The number of para-hydroxylation sites is 1. The Hall–Kier alpha value is -2.50. The molecular weight excluding hydrogens is 280 g/mol. The number of benzene rings is 1. The van der Waals surface area contributed by atoms with Crippen molar-refractivity contribution in [2.24, 2.45) is 0 Å². The van der Waals surface area contributed by atoms with Crippen LogP contribution >= 0.6 is 0 Å². The number of anilines is 1. The molecule has 0 aliphatic rings. The Morgan fingerprint density at radius 1 is 1.36 bits per heavy atom. The molecule has 0 saturated carbocycles. The molecule has 22 heavy (non-hydrogen) atoms. The number of aldehydes is 1. The molecule has 0 spiro atoms. The Bertz CT molecular complexity index is 704. The Balaban J connectivity index is 2.19. The van der Waals surface area contributed by atoms with E-state index in [9.17, 15) is 9.59 Å². The minimum absolute atomic E-state index is 0.0263. The number of hydrogen-bond acceptors (Lipinski definition) is 4. The predicted octanol–water partition coefficient (Wildman–Crippen LogP) is 2.47. The molecule has 1 heterocycles. The molecule has 1 N–H and O–H groups in total. The van der Waals surface area contributed by atoms with Crippen LogP contribution in [0, 0.1) is 13.8 Å². The topological polar surface area (TPSA) is 76.9 Å². The molecule has 0 atom stereocenters. The van der Waals surface area contributed by atoms with Crippen LogP contribution in [0.1, 0.15) is 47.1 Å². The van der Waals surface area contributed by atoms with Gasteiger partial charge in [0, 0.05) is 5.69 Å². The number of nitrogens with one attached hydrogen (secondary N) is 1. The molecule has 0 radical (unpaired) electrons. The fraction of sp³-hybridized carbons (Fsp3) is 0.375. The van der Waals surface area contributed by atoms with Gasteiger partial charge in [-0.1, -0.05) is 37.3 Å². The van der Waals surface area contributed by atoms with Crippen molar-refractivity contribution < 1.29 is 9.59 Å². The van der Waals surface area contributed by atoms with Crippen molar-refractivity contribution in [2.45, 2.75) is 40.2 Å². The molecule has 6 nitrogen and oxygen atoms in total. The van der Waals surface area contributed by atoms with Gasteiger partial charge in [-0.3, -0.25) is 9.59 Å². The average molecular weight is 300 g/mol. The number of aryl methyl sites for hydroxylation is 1. The third-order valence-electron chi connectivity index (χ3n) is 3.61. The van der Waals surface area contributed by atoms with E-state index >= 15 is 0 Å². The molecule has 0 aliphatic heterocycles. The SMILES string of the molecule is Cc1cccc(C(C)C)c1NC(=O)Cn1nnc(C=O)c1C. The van der Waals surface area contributed by atoms with Crippen molar-refractivity contribution in [1.82, 2.24) is 15.0 Å². The van der Waals surface area contributed by atoms with Gasteiger partial charge in [0.25, 0.3) is 0 Å². The van der Waals surface area contributed by atoms with Gasteiger partial charge in [0.1, 0.15) is 12.2 Å². The molecular formula is C16H20N4O2. The molecule has 1 amide bonds. The molecule has 1 aromatic heterocycles. The highest BCUT2D eigenvalue weighted by atomic mass is 16.2. The zero-order valence-electron chi connectivity index (χ0n) is 13.3. The Labute approximate surface area is 129 Å². The molecule has 2 aromatic rings. The summed E-state index contributed by atoms with van der Waals surface area (Å²) in [6, 6.07) is 5.96. The van der Waals surface area contributed by atoms with Gasteiger partial charge in [-0.2, -0.15) is 0 Å². The first-order chi connectivity index (χ1) is 10.4. The second-order valence-electron chi connectivity index (χ2n) is 5.58. The van der Waals surface area contributed by atoms with Gasteiger partial charge in [-0.25, -0.2) is 4.68 Å². The molecule has 0 aliphatic carbocycles. The Kier molecular flexibility index (Phi) is 4.70. The summed E-state index contributed by atoms with van der Waals surface area (Å²) in [5.41, 5.74) is 3.79. The minimum atomic E-state index is -0.193. The molecule has 0 saturated heterocycles. The quantitative estimate of drug-likeness (QED) is 0.861. The lowest BCUT2D eigenvalue weighted by atomic mass is 9.98. The smallest absolute Gasteiger partial charge is 0.246 e. The van der Waals surface area contributed by atoms with E-state index in [1.807, 2.05) is 25.1 Å². The van der Waals surface area contributed by atoms with Gasteiger partial charge in [0.2, 0.25) is 5.91 Å². The third kappa shape index (κ3) is 3.21.